The molecule has 0 fully saturated rings. The molecular weight excluding hydrogens is 226 g/mol. The first-order valence-corrected chi connectivity index (χ1v) is 5.66. The van der Waals surface area contributed by atoms with Gasteiger partial charge in [-0.2, -0.15) is 0 Å². The smallest absolute Gasteiger partial charge is 0.255 e. The second-order valence-corrected chi connectivity index (χ2v) is 4.67. The Kier molecular flexibility index (Phi) is 4.19. The molecule has 0 aliphatic carbocycles. The molecule has 88 valence electrons. The predicted octanol–water partition coefficient (Wildman–Crippen LogP) is 2.53. The van der Waals surface area contributed by atoms with Gasteiger partial charge in [-0.3, -0.25) is 4.79 Å². The van der Waals surface area contributed by atoms with Crippen LogP contribution in [0, 0.1) is 0 Å². The van der Waals surface area contributed by atoms with Crippen LogP contribution < -0.4 is 5.32 Å². The molecule has 0 saturated carbocycles. The lowest BCUT2D eigenvalue weighted by molar-refractivity contribution is 0.0909. The van der Waals surface area contributed by atoms with E-state index in [1.54, 1.807) is 18.2 Å². The third kappa shape index (κ3) is 3.42. The van der Waals surface area contributed by atoms with Crippen molar-refractivity contribution in [3.05, 3.63) is 29.8 Å². The summed E-state index contributed by atoms with van der Waals surface area (Å²) >= 11 is 5.65. The first-order chi connectivity index (χ1) is 7.46. The second-order valence-electron chi connectivity index (χ2n) is 4.29. The van der Waals surface area contributed by atoms with Gasteiger partial charge in [0, 0.05) is 11.4 Å². The van der Waals surface area contributed by atoms with E-state index in [2.05, 4.69) is 5.32 Å². The number of rotatable bonds is 4. The van der Waals surface area contributed by atoms with Crippen molar-refractivity contribution in [1.29, 1.82) is 0 Å². The van der Waals surface area contributed by atoms with Crippen LogP contribution in [0.1, 0.15) is 30.6 Å². The quantitative estimate of drug-likeness (QED) is 0.796. The van der Waals surface area contributed by atoms with Gasteiger partial charge in [-0.05, 0) is 32.4 Å². The fourth-order valence-electron chi connectivity index (χ4n) is 1.34. The number of hydrogen-bond acceptors (Lipinski definition) is 2. The molecule has 0 bridgehead atoms. The standard InChI is InChI=1S/C12H16ClNO2/c1-12(2,7-8-13)14-11(16)9-5-3-4-6-10(9)15/h3-6,15H,7-8H2,1-2H3,(H,14,16). The molecule has 16 heavy (non-hydrogen) atoms. The maximum Gasteiger partial charge on any atom is 0.255 e. The number of nitrogens with one attached hydrogen (secondary N) is 1. The van der Waals surface area contributed by atoms with Crippen LogP contribution in [0.3, 0.4) is 0 Å². The number of carbonyl (C=O) groups excluding carboxylic acids is 1. The number of alkyl halides is 1. The summed E-state index contributed by atoms with van der Waals surface area (Å²) < 4.78 is 0. The number of amides is 1. The Balaban J connectivity index is 2.77. The van der Waals surface area contributed by atoms with Gasteiger partial charge < -0.3 is 10.4 Å². The van der Waals surface area contributed by atoms with Crippen LogP contribution in [-0.2, 0) is 0 Å². The Hall–Kier alpha value is -1.22. The van der Waals surface area contributed by atoms with Crippen molar-refractivity contribution in [3.63, 3.8) is 0 Å². The zero-order valence-corrected chi connectivity index (χ0v) is 10.2. The molecule has 0 aromatic heterocycles. The van der Waals surface area contributed by atoms with Crippen LogP contribution in [0.4, 0.5) is 0 Å². The monoisotopic (exact) mass is 241 g/mol. The molecule has 0 heterocycles. The highest BCUT2D eigenvalue weighted by molar-refractivity contribution is 6.17. The van der Waals surface area contributed by atoms with Crippen LogP contribution in [0.5, 0.6) is 5.75 Å². The molecule has 1 rings (SSSR count). The number of para-hydroxylation sites is 1. The van der Waals surface area contributed by atoms with E-state index in [0.29, 0.717) is 12.3 Å². The van der Waals surface area contributed by atoms with Crippen molar-refractivity contribution in [2.45, 2.75) is 25.8 Å². The van der Waals surface area contributed by atoms with E-state index in [-0.39, 0.29) is 22.8 Å². The summed E-state index contributed by atoms with van der Waals surface area (Å²) in [6.45, 7) is 3.79. The van der Waals surface area contributed by atoms with Crippen molar-refractivity contribution < 1.29 is 9.90 Å². The van der Waals surface area contributed by atoms with Gasteiger partial charge in [-0.15, -0.1) is 11.6 Å². The van der Waals surface area contributed by atoms with Crippen LogP contribution in [0.15, 0.2) is 24.3 Å². The van der Waals surface area contributed by atoms with Crippen LogP contribution in [0.2, 0.25) is 0 Å². The maximum absolute atomic E-state index is 11.8. The zero-order chi connectivity index (χ0) is 12.2. The van der Waals surface area contributed by atoms with E-state index in [4.69, 9.17) is 11.6 Å². The Morgan fingerprint density at radius 3 is 2.62 bits per heavy atom. The highest BCUT2D eigenvalue weighted by Crippen LogP contribution is 2.17. The fourth-order valence-corrected chi connectivity index (χ4v) is 1.81. The molecule has 4 heteroatoms. The normalized spacial score (nSPS) is 11.2. The van der Waals surface area contributed by atoms with Gasteiger partial charge in [0.25, 0.3) is 5.91 Å². The summed E-state index contributed by atoms with van der Waals surface area (Å²) in [4.78, 5) is 11.8. The molecule has 2 N–H and O–H groups in total. The van der Waals surface area contributed by atoms with Gasteiger partial charge in [0.1, 0.15) is 5.75 Å². The van der Waals surface area contributed by atoms with Crippen molar-refractivity contribution in [2.75, 3.05) is 5.88 Å². The largest absolute Gasteiger partial charge is 0.507 e. The third-order valence-corrected chi connectivity index (χ3v) is 2.51. The van der Waals surface area contributed by atoms with Crippen molar-refractivity contribution in [1.82, 2.24) is 5.32 Å². The van der Waals surface area contributed by atoms with Crippen LogP contribution in [0.25, 0.3) is 0 Å². The number of phenols is 1. The molecular formula is C12H16ClNO2. The minimum Gasteiger partial charge on any atom is -0.507 e. The summed E-state index contributed by atoms with van der Waals surface area (Å²) in [5, 5.41) is 12.4. The fraction of sp³-hybridized carbons (Fsp3) is 0.417. The molecule has 0 aliphatic rings. The molecule has 0 spiro atoms. The van der Waals surface area contributed by atoms with E-state index in [1.807, 2.05) is 13.8 Å². The van der Waals surface area contributed by atoms with Crippen LogP contribution in [-0.4, -0.2) is 22.4 Å². The summed E-state index contributed by atoms with van der Waals surface area (Å²) in [7, 11) is 0. The van der Waals surface area contributed by atoms with E-state index >= 15 is 0 Å². The number of phenolic OH excluding ortho intramolecular Hbond substituents is 1. The molecule has 3 nitrogen and oxygen atoms in total. The third-order valence-electron chi connectivity index (χ3n) is 2.32. The van der Waals surface area contributed by atoms with E-state index in [1.165, 1.54) is 6.07 Å². The highest BCUT2D eigenvalue weighted by atomic mass is 35.5. The van der Waals surface area contributed by atoms with Crippen molar-refractivity contribution >= 4 is 17.5 Å². The Labute approximate surface area is 100 Å². The predicted molar refractivity (Wildman–Crippen MR) is 65.0 cm³/mol. The number of aromatic hydroxyl groups is 1. The topological polar surface area (TPSA) is 49.3 Å². The molecule has 0 radical (unpaired) electrons. The Morgan fingerprint density at radius 1 is 1.44 bits per heavy atom. The summed E-state index contributed by atoms with van der Waals surface area (Å²) in [5.74, 6) is 0.184. The minimum atomic E-state index is -0.374. The van der Waals surface area contributed by atoms with Crippen molar-refractivity contribution in [2.24, 2.45) is 0 Å². The van der Waals surface area contributed by atoms with E-state index in [0.717, 1.165) is 0 Å². The van der Waals surface area contributed by atoms with E-state index in [9.17, 15) is 9.90 Å². The first-order valence-electron chi connectivity index (χ1n) is 5.13. The zero-order valence-electron chi connectivity index (χ0n) is 9.46. The number of halogens is 1. The van der Waals surface area contributed by atoms with Crippen LogP contribution >= 0.6 is 11.6 Å². The average Bonchev–Trinajstić information content (AvgIpc) is 2.17. The summed E-state index contributed by atoms with van der Waals surface area (Å²) in [6, 6.07) is 6.46. The lowest BCUT2D eigenvalue weighted by atomic mass is 10.0. The minimum absolute atomic E-state index is 0.0123. The summed E-state index contributed by atoms with van der Waals surface area (Å²) in [5.41, 5.74) is -0.0914. The molecule has 1 aromatic carbocycles. The van der Waals surface area contributed by atoms with Gasteiger partial charge >= 0.3 is 0 Å². The van der Waals surface area contributed by atoms with Gasteiger partial charge in [-0.25, -0.2) is 0 Å². The molecule has 0 atom stereocenters. The number of hydrogen-bond donors (Lipinski definition) is 2. The van der Waals surface area contributed by atoms with E-state index < -0.39 is 0 Å². The molecule has 0 saturated heterocycles. The molecule has 0 aliphatic heterocycles. The first kappa shape index (κ1) is 12.8. The van der Waals surface area contributed by atoms with Gasteiger partial charge in [0.15, 0.2) is 0 Å². The Morgan fingerprint density at radius 2 is 2.06 bits per heavy atom. The molecule has 1 amide bonds. The second kappa shape index (κ2) is 5.21. The molecule has 0 unspecified atom stereocenters. The van der Waals surface area contributed by atoms with Crippen molar-refractivity contribution in [3.8, 4) is 5.75 Å². The number of carbonyl (C=O) groups is 1. The lowest BCUT2D eigenvalue weighted by Crippen LogP contribution is -2.43. The SMILES string of the molecule is CC(C)(CCCl)NC(=O)c1ccccc1O. The average molecular weight is 242 g/mol. The van der Waals surface area contributed by atoms with Gasteiger partial charge in [-0.1, -0.05) is 12.1 Å². The Bertz CT molecular complexity index is 377. The highest BCUT2D eigenvalue weighted by Gasteiger charge is 2.21. The maximum atomic E-state index is 11.8. The van der Waals surface area contributed by atoms with Gasteiger partial charge in [0.05, 0.1) is 5.56 Å². The van der Waals surface area contributed by atoms with Gasteiger partial charge in [0.2, 0.25) is 0 Å². The lowest BCUT2D eigenvalue weighted by Gasteiger charge is -2.25. The summed E-state index contributed by atoms with van der Waals surface area (Å²) in [6.07, 6.45) is 0.674. The number of benzene rings is 1. The molecule has 1 aromatic rings.